The van der Waals surface area contributed by atoms with Gasteiger partial charge in [-0.1, -0.05) is 42.5 Å². The maximum atomic E-state index is 13.6. The second-order valence-corrected chi connectivity index (χ2v) is 10.7. The molecule has 0 saturated carbocycles. The normalized spacial score (nSPS) is 17.3. The molecule has 2 aromatic carbocycles. The maximum absolute atomic E-state index is 13.6. The van der Waals surface area contributed by atoms with Gasteiger partial charge in [-0.2, -0.15) is 0 Å². The van der Waals surface area contributed by atoms with Gasteiger partial charge in [0.1, 0.15) is 6.61 Å². The van der Waals surface area contributed by atoms with Crippen molar-refractivity contribution in [1.29, 1.82) is 0 Å². The molecule has 0 fully saturated rings. The van der Waals surface area contributed by atoms with E-state index in [0.29, 0.717) is 80.8 Å². The predicted octanol–water partition coefficient (Wildman–Crippen LogP) is 6.28. The first-order valence-electron chi connectivity index (χ1n) is 14.5. The highest BCUT2D eigenvalue weighted by Gasteiger charge is 2.43. The minimum Gasteiger partial charge on any atom is -0.490 e. The quantitative estimate of drug-likeness (QED) is 0.326. The van der Waals surface area contributed by atoms with Crippen LogP contribution >= 0.6 is 0 Å². The van der Waals surface area contributed by atoms with Gasteiger partial charge >= 0.3 is 5.97 Å². The van der Waals surface area contributed by atoms with Gasteiger partial charge in [0.15, 0.2) is 23.1 Å². The topological polar surface area (TPSA) is 93.1 Å². The average molecular weight is 556 g/mol. The van der Waals surface area contributed by atoms with E-state index in [1.165, 1.54) is 0 Å². The van der Waals surface area contributed by atoms with Crippen LogP contribution < -0.4 is 9.47 Å². The molecule has 0 saturated heterocycles. The third-order valence-corrected chi connectivity index (χ3v) is 8.01. The smallest absolute Gasteiger partial charge is 0.305 e. The van der Waals surface area contributed by atoms with Gasteiger partial charge in [-0.25, -0.2) is 0 Å². The van der Waals surface area contributed by atoms with Crippen LogP contribution in [0.15, 0.2) is 77.7 Å². The van der Waals surface area contributed by atoms with Crippen LogP contribution in [0.4, 0.5) is 0 Å². The molecule has 214 valence electrons. The third kappa shape index (κ3) is 5.85. The Labute approximate surface area is 241 Å². The number of ketones is 2. The first-order chi connectivity index (χ1) is 19.9. The summed E-state index contributed by atoms with van der Waals surface area (Å²) in [4.78, 5) is 40.7. The largest absolute Gasteiger partial charge is 0.490 e. The molecule has 0 radical (unpaired) electrons. The lowest BCUT2D eigenvalue weighted by atomic mass is 9.70. The second kappa shape index (κ2) is 12.6. The van der Waals surface area contributed by atoms with E-state index in [1.54, 1.807) is 0 Å². The third-order valence-electron chi connectivity index (χ3n) is 8.01. The molecule has 1 aliphatic heterocycles. The summed E-state index contributed by atoms with van der Waals surface area (Å²) in [5.41, 5.74) is 5.72. The summed E-state index contributed by atoms with van der Waals surface area (Å²) in [6.45, 7) is 6.91. The molecule has 7 nitrogen and oxygen atoms in total. The number of carbonyl (C=O) groups is 3. The molecule has 1 heterocycles. The molecular formula is C34H37NO6. The highest BCUT2D eigenvalue weighted by atomic mass is 16.5. The highest BCUT2D eigenvalue weighted by molar-refractivity contribution is 6.06. The van der Waals surface area contributed by atoms with Gasteiger partial charge in [0, 0.05) is 53.4 Å². The SMILES string of the molecule is C=CCc1cc(C2C3=C(CCCC3=O)N(CCC(=O)O)C3=C2C(=O)CCC3)cc(OCC)c1OCc1ccccc1. The van der Waals surface area contributed by atoms with Crippen molar-refractivity contribution in [3.05, 3.63) is 94.4 Å². The van der Waals surface area contributed by atoms with Crippen LogP contribution in [0.1, 0.15) is 74.5 Å². The number of carboxylic acids is 1. The number of hydrogen-bond donors (Lipinski definition) is 1. The number of benzene rings is 2. The Balaban J connectivity index is 1.66. The molecule has 2 aromatic rings. The van der Waals surface area contributed by atoms with E-state index in [1.807, 2.05) is 60.4 Å². The lowest BCUT2D eigenvalue weighted by Gasteiger charge is -2.44. The van der Waals surface area contributed by atoms with E-state index in [9.17, 15) is 19.5 Å². The highest BCUT2D eigenvalue weighted by Crippen LogP contribution is 2.50. The first-order valence-corrected chi connectivity index (χ1v) is 14.5. The Bertz CT molecular complexity index is 1380. The van der Waals surface area contributed by atoms with Gasteiger partial charge in [-0.15, -0.1) is 6.58 Å². The number of allylic oxidation sites excluding steroid dienone is 5. The molecule has 0 bridgehead atoms. The van der Waals surface area contributed by atoms with Crippen molar-refractivity contribution in [3.8, 4) is 11.5 Å². The van der Waals surface area contributed by atoms with Crippen molar-refractivity contribution in [1.82, 2.24) is 4.90 Å². The standard InChI is InChI=1S/C34H37NO6/c1-3-10-23-19-24(20-29(40-4-2)34(23)41-21-22-11-6-5-7-12-22)31-32-25(13-8-15-27(32)36)35(18-17-30(38)39)26-14-9-16-28(37)33(26)31/h3,5-7,11-12,19-20,31H,1,4,8-10,13-18,21H2,2H3,(H,38,39). The van der Waals surface area contributed by atoms with Crippen LogP contribution in [0.25, 0.3) is 0 Å². The number of carbonyl (C=O) groups excluding carboxylic acids is 2. The van der Waals surface area contributed by atoms with Gasteiger partial charge in [0.05, 0.1) is 13.0 Å². The zero-order valence-electron chi connectivity index (χ0n) is 23.6. The zero-order valence-corrected chi connectivity index (χ0v) is 23.6. The summed E-state index contributed by atoms with van der Waals surface area (Å²) < 4.78 is 12.5. The number of carboxylic acid groups (broad SMARTS) is 1. The molecule has 5 rings (SSSR count). The summed E-state index contributed by atoms with van der Waals surface area (Å²) in [6.07, 6.45) is 5.87. The monoisotopic (exact) mass is 555 g/mol. The first kappa shape index (κ1) is 28.4. The molecular weight excluding hydrogens is 518 g/mol. The fourth-order valence-corrected chi connectivity index (χ4v) is 6.34. The summed E-state index contributed by atoms with van der Waals surface area (Å²) >= 11 is 0. The maximum Gasteiger partial charge on any atom is 0.305 e. The zero-order chi connectivity index (χ0) is 28.9. The molecule has 7 heteroatoms. The molecule has 41 heavy (non-hydrogen) atoms. The molecule has 2 aliphatic carbocycles. The molecule has 0 unspecified atom stereocenters. The van der Waals surface area contributed by atoms with E-state index in [2.05, 4.69) is 6.58 Å². The van der Waals surface area contributed by atoms with Crippen LogP contribution in [0.3, 0.4) is 0 Å². The van der Waals surface area contributed by atoms with Crippen molar-refractivity contribution in [3.63, 3.8) is 0 Å². The Morgan fingerprint density at radius 2 is 1.66 bits per heavy atom. The molecule has 0 atom stereocenters. The number of nitrogens with zero attached hydrogens (tertiary/aromatic N) is 1. The fraction of sp³-hybridized carbons (Fsp3) is 0.382. The number of Topliss-reactive ketones (excluding diaryl/α,β-unsaturated/α-hetero) is 2. The lowest BCUT2D eigenvalue weighted by Crippen LogP contribution is -2.40. The van der Waals surface area contributed by atoms with Crippen LogP contribution in [-0.4, -0.2) is 40.7 Å². The van der Waals surface area contributed by atoms with Gasteiger partial charge < -0.3 is 19.5 Å². The Morgan fingerprint density at radius 1 is 1.00 bits per heavy atom. The molecule has 0 amide bonds. The number of hydrogen-bond acceptors (Lipinski definition) is 6. The van der Waals surface area contributed by atoms with E-state index >= 15 is 0 Å². The van der Waals surface area contributed by atoms with Crippen molar-refractivity contribution in [2.75, 3.05) is 13.2 Å². The average Bonchev–Trinajstić information content (AvgIpc) is 2.96. The Kier molecular flexibility index (Phi) is 8.72. The number of ether oxygens (including phenoxy) is 2. The molecule has 0 spiro atoms. The minimum absolute atomic E-state index is 0.0223. The Morgan fingerprint density at radius 3 is 2.24 bits per heavy atom. The lowest BCUT2D eigenvalue weighted by molar-refractivity contribution is -0.137. The van der Waals surface area contributed by atoms with E-state index in [4.69, 9.17) is 9.47 Å². The predicted molar refractivity (Wildman–Crippen MR) is 156 cm³/mol. The van der Waals surface area contributed by atoms with Crippen molar-refractivity contribution >= 4 is 17.5 Å². The van der Waals surface area contributed by atoms with Crippen molar-refractivity contribution in [2.45, 2.75) is 70.8 Å². The fourth-order valence-electron chi connectivity index (χ4n) is 6.34. The summed E-state index contributed by atoms with van der Waals surface area (Å²) in [5, 5.41) is 9.45. The van der Waals surface area contributed by atoms with E-state index in [-0.39, 0.29) is 24.5 Å². The van der Waals surface area contributed by atoms with Crippen LogP contribution in [0.2, 0.25) is 0 Å². The van der Waals surface area contributed by atoms with Crippen LogP contribution in [0.5, 0.6) is 11.5 Å². The van der Waals surface area contributed by atoms with Gasteiger partial charge in [0.2, 0.25) is 0 Å². The number of rotatable bonds is 11. The molecule has 0 aromatic heterocycles. The van der Waals surface area contributed by atoms with E-state index < -0.39 is 11.9 Å². The van der Waals surface area contributed by atoms with Crippen LogP contribution in [-0.2, 0) is 27.4 Å². The van der Waals surface area contributed by atoms with Gasteiger partial charge in [0.25, 0.3) is 0 Å². The van der Waals surface area contributed by atoms with Gasteiger partial charge in [-0.3, -0.25) is 14.4 Å². The molecule has 3 aliphatic rings. The Hall–Kier alpha value is -4.13. The second-order valence-electron chi connectivity index (χ2n) is 10.7. The molecule has 1 N–H and O–H groups in total. The summed E-state index contributed by atoms with van der Waals surface area (Å²) in [5.74, 6) is -0.174. The van der Waals surface area contributed by atoms with Crippen molar-refractivity contribution in [2.24, 2.45) is 0 Å². The summed E-state index contributed by atoms with van der Waals surface area (Å²) in [7, 11) is 0. The summed E-state index contributed by atoms with van der Waals surface area (Å²) in [6, 6.07) is 13.9. The number of aliphatic carboxylic acids is 1. The van der Waals surface area contributed by atoms with E-state index in [0.717, 1.165) is 28.1 Å². The van der Waals surface area contributed by atoms with Crippen LogP contribution in [0, 0.1) is 0 Å². The minimum atomic E-state index is -0.901. The van der Waals surface area contributed by atoms with Gasteiger partial charge in [-0.05, 0) is 56.2 Å². The van der Waals surface area contributed by atoms with Crippen molar-refractivity contribution < 1.29 is 29.0 Å².